The Morgan fingerprint density at radius 1 is 1.09 bits per heavy atom. The second-order valence-electron chi connectivity index (χ2n) is 12.4. The minimum Gasteiger partial charge on any atom is -0.435 e. The van der Waals surface area contributed by atoms with Crippen molar-refractivity contribution in [3.63, 3.8) is 0 Å². The van der Waals surface area contributed by atoms with Gasteiger partial charge in [0, 0.05) is 86.4 Å². The highest BCUT2D eigenvalue weighted by Crippen LogP contribution is 2.30. The summed E-state index contributed by atoms with van der Waals surface area (Å²) in [5.41, 5.74) is 4.38. The van der Waals surface area contributed by atoms with Gasteiger partial charge in [0.05, 0.1) is 11.9 Å². The summed E-state index contributed by atoms with van der Waals surface area (Å²) in [6.45, 7) is 3.41. The molecule has 4 aromatic rings. The maximum absolute atomic E-state index is 13.5. The fourth-order valence-electron chi connectivity index (χ4n) is 6.86. The number of amides is 1. The molecule has 0 bridgehead atoms. The fraction of sp³-hybridized carbons (Fsp3) is 0.412. The van der Waals surface area contributed by atoms with E-state index in [0.29, 0.717) is 67.2 Å². The second kappa shape index (κ2) is 12.8. The van der Waals surface area contributed by atoms with Crippen LogP contribution >= 0.6 is 0 Å². The molecule has 12 heteroatoms. The van der Waals surface area contributed by atoms with Crippen LogP contribution in [0.4, 0.5) is 20.3 Å². The first kappa shape index (κ1) is 30.2. The van der Waals surface area contributed by atoms with Crippen LogP contribution in [-0.2, 0) is 4.79 Å². The molecule has 0 spiro atoms. The van der Waals surface area contributed by atoms with Crippen molar-refractivity contribution in [2.45, 2.75) is 51.3 Å². The summed E-state index contributed by atoms with van der Waals surface area (Å²) in [7, 11) is 0. The van der Waals surface area contributed by atoms with Crippen LogP contribution in [0, 0.1) is 12.8 Å². The highest BCUT2D eigenvalue weighted by molar-refractivity contribution is 5.96. The van der Waals surface area contributed by atoms with Crippen molar-refractivity contribution in [1.82, 2.24) is 29.5 Å². The minimum atomic E-state index is -2.88. The summed E-state index contributed by atoms with van der Waals surface area (Å²) in [6, 6.07) is 13.1. The lowest BCUT2D eigenvalue weighted by atomic mass is 9.89. The van der Waals surface area contributed by atoms with Gasteiger partial charge in [0.1, 0.15) is 11.5 Å². The molecule has 10 nitrogen and oxygen atoms in total. The molecule has 3 unspecified atom stereocenters. The molecule has 3 atom stereocenters. The van der Waals surface area contributed by atoms with E-state index in [2.05, 4.69) is 30.2 Å². The Morgan fingerprint density at radius 2 is 1.89 bits per heavy atom. The molecule has 0 saturated carbocycles. The summed E-state index contributed by atoms with van der Waals surface area (Å²) in [6.07, 6.45) is 8.11. The summed E-state index contributed by atoms with van der Waals surface area (Å²) in [4.78, 5) is 39.8. The SMILES string of the molecule is Cc1cc(Nc2nccn3c(-c4ccc(OC(F)F)cc4)cnc23)ccc1C(=O)N1CCC(C(=O)CCC2CNCC3CN23)CC1. The zero-order valence-electron chi connectivity index (χ0n) is 25.7. The van der Waals surface area contributed by atoms with Crippen LogP contribution in [0.1, 0.15) is 41.6 Å². The lowest BCUT2D eigenvalue weighted by molar-refractivity contribution is -0.124. The van der Waals surface area contributed by atoms with Crippen LogP contribution in [0.25, 0.3) is 16.9 Å². The average Bonchev–Trinajstić information content (AvgIpc) is 3.74. The average molecular weight is 630 g/mol. The normalized spacial score (nSPS) is 21.3. The Bertz CT molecular complexity index is 1740. The number of piperidine rings is 1. The zero-order valence-corrected chi connectivity index (χ0v) is 25.7. The summed E-state index contributed by atoms with van der Waals surface area (Å²) in [5.74, 6) is 0.981. The van der Waals surface area contributed by atoms with Gasteiger partial charge in [0.2, 0.25) is 0 Å². The number of anilines is 2. The number of nitrogens with zero attached hydrogens (tertiary/aromatic N) is 5. The lowest BCUT2D eigenvalue weighted by Crippen LogP contribution is -2.43. The van der Waals surface area contributed by atoms with E-state index >= 15 is 0 Å². The van der Waals surface area contributed by atoms with Crippen molar-refractivity contribution in [2.24, 2.45) is 5.92 Å². The second-order valence-corrected chi connectivity index (χ2v) is 12.4. The maximum atomic E-state index is 13.5. The molecule has 2 aromatic carbocycles. The van der Waals surface area contributed by atoms with Crippen LogP contribution in [0.5, 0.6) is 5.75 Å². The molecule has 3 aliphatic heterocycles. The number of Topliss-reactive ketones (excluding diaryl/α,β-unsaturated/α-hetero) is 1. The number of carbonyl (C=O) groups is 2. The topological polar surface area (TPSA) is 104 Å². The van der Waals surface area contributed by atoms with Crippen LogP contribution < -0.4 is 15.4 Å². The van der Waals surface area contributed by atoms with Gasteiger partial charge in [-0.3, -0.25) is 18.9 Å². The maximum Gasteiger partial charge on any atom is 0.387 e. The van der Waals surface area contributed by atoms with E-state index in [9.17, 15) is 18.4 Å². The molecule has 2 aromatic heterocycles. The first-order valence-corrected chi connectivity index (χ1v) is 15.9. The van der Waals surface area contributed by atoms with E-state index < -0.39 is 6.61 Å². The van der Waals surface area contributed by atoms with Gasteiger partial charge in [-0.05, 0) is 74.2 Å². The number of rotatable bonds is 10. The Balaban J connectivity index is 0.962. The zero-order chi connectivity index (χ0) is 31.8. The van der Waals surface area contributed by atoms with E-state index in [4.69, 9.17) is 0 Å². The number of likely N-dealkylation sites (tertiary alicyclic amines) is 1. The summed E-state index contributed by atoms with van der Waals surface area (Å²) < 4.78 is 31.4. The van der Waals surface area contributed by atoms with Crippen molar-refractivity contribution < 1.29 is 23.1 Å². The molecule has 46 heavy (non-hydrogen) atoms. The van der Waals surface area contributed by atoms with Crippen molar-refractivity contribution >= 4 is 28.8 Å². The van der Waals surface area contributed by atoms with Gasteiger partial charge in [-0.2, -0.15) is 8.78 Å². The first-order chi connectivity index (χ1) is 22.3. The third-order valence-corrected chi connectivity index (χ3v) is 9.47. The molecule has 7 rings (SSSR count). The highest BCUT2D eigenvalue weighted by Gasteiger charge is 2.42. The Hall–Kier alpha value is -4.42. The summed E-state index contributed by atoms with van der Waals surface area (Å²) >= 11 is 0. The molecule has 3 aliphatic rings. The lowest BCUT2D eigenvalue weighted by Gasteiger charge is -2.32. The smallest absolute Gasteiger partial charge is 0.387 e. The number of nitrogens with one attached hydrogen (secondary N) is 2. The number of halogens is 2. The number of imidazole rings is 1. The quantitative estimate of drug-likeness (QED) is 0.239. The van der Waals surface area contributed by atoms with Crippen LogP contribution in [0.2, 0.25) is 0 Å². The third kappa shape index (κ3) is 6.32. The highest BCUT2D eigenvalue weighted by atomic mass is 19.3. The van der Waals surface area contributed by atoms with Crippen LogP contribution in [0.15, 0.2) is 61.1 Å². The number of fused-ring (bicyclic) bond motifs is 2. The van der Waals surface area contributed by atoms with E-state index in [1.807, 2.05) is 34.4 Å². The molecule has 5 heterocycles. The molecule has 2 N–H and O–H groups in total. The van der Waals surface area contributed by atoms with Gasteiger partial charge < -0.3 is 20.3 Å². The fourth-order valence-corrected chi connectivity index (χ4v) is 6.86. The predicted octanol–water partition coefficient (Wildman–Crippen LogP) is 4.91. The van der Waals surface area contributed by atoms with Crippen LogP contribution in [0.3, 0.4) is 0 Å². The van der Waals surface area contributed by atoms with Gasteiger partial charge in [-0.15, -0.1) is 0 Å². The molecular weight excluding hydrogens is 592 g/mol. The van der Waals surface area contributed by atoms with Gasteiger partial charge in [0.15, 0.2) is 11.5 Å². The number of carbonyl (C=O) groups excluding carboxylic acids is 2. The van der Waals surface area contributed by atoms with Gasteiger partial charge in [-0.25, -0.2) is 9.97 Å². The van der Waals surface area contributed by atoms with E-state index in [1.165, 1.54) is 12.1 Å². The van der Waals surface area contributed by atoms with Gasteiger partial charge in [-0.1, -0.05) is 0 Å². The van der Waals surface area contributed by atoms with Crippen molar-refractivity contribution in [1.29, 1.82) is 0 Å². The van der Waals surface area contributed by atoms with E-state index in [1.54, 1.807) is 30.7 Å². The number of hydrogen-bond donors (Lipinski definition) is 2. The van der Waals surface area contributed by atoms with Crippen molar-refractivity contribution in [3.05, 3.63) is 72.2 Å². The number of piperazine rings is 1. The Kier molecular flexibility index (Phi) is 8.39. The molecule has 0 radical (unpaired) electrons. The number of hydrogen-bond acceptors (Lipinski definition) is 8. The van der Waals surface area contributed by atoms with Gasteiger partial charge in [0.25, 0.3) is 5.91 Å². The van der Waals surface area contributed by atoms with Gasteiger partial charge >= 0.3 is 6.61 Å². The molecule has 0 aliphatic carbocycles. The molecule has 3 fully saturated rings. The predicted molar refractivity (Wildman–Crippen MR) is 170 cm³/mol. The number of benzene rings is 2. The van der Waals surface area contributed by atoms with Crippen LogP contribution in [-0.4, -0.2) is 87.3 Å². The monoisotopic (exact) mass is 629 g/mol. The third-order valence-electron chi connectivity index (χ3n) is 9.47. The number of aromatic nitrogens is 3. The molecule has 240 valence electrons. The molecule has 3 saturated heterocycles. The number of ketones is 1. The standard InChI is InChI=1S/C34H37F2N7O3/c1-21-16-24(40-31-32-39-19-29(42(32)15-12-38-31)22-2-6-27(7-3-22)46-34(35)36)4-8-28(21)33(45)41-13-10-23(11-14-41)30(44)9-5-25-17-37-18-26-20-43(25)26/h2-4,6-8,12,15-16,19,23,25-26,34,37H,5,9-11,13-14,17-18,20H2,1H3,(H,38,40). The van der Waals surface area contributed by atoms with E-state index in [0.717, 1.165) is 48.6 Å². The van der Waals surface area contributed by atoms with E-state index in [-0.39, 0.29) is 17.6 Å². The largest absolute Gasteiger partial charge is 0.435 e. The van der Waals surface area contributed by atoms with Crippen molar-refractivity contribution in [2.75, 3.05) is 38.0 Å². The number of aryl methyl sites for hydroxylation is 1. The molecular formula is C34H37F2N7O3. The van der Waals surface area contributed by atoms with Crippen molar-refractivity contribution in [3.8, 4) is 17.0 Å². The number of alkyl halides is 2. The Labute approximate surface area is 265 Å². The summed E-state index contributed by atoms with van der Waals surface area (Å²) in [5, 5.41) is 6.80. The number of ether oxygens (including phenoxy) is 1. The first-order valence-electron chi connectivity index (χ1n) is 15.9. The molecule has 1 amide bonds. The Morgan fingerprint density at radius 3 is 2.65 bits per heavy atom. The minimum absolute atomic E-state index is 0.0149.